The molecule has 100 valence electrons. The van der Waals surface area contributed by atoms with E-state index in [0.717, 1.165) is 6.20 Å². The first kappa shape index (κ1) is 13.8. The van der Waals surface area contributed by atoms with Crippen LogP contribution >= 0.6 is 23.2 Å². The molecular weight excluding hydrogens is 303 g/mol. The van der Waals surface area contributed by atoms with Gasteiger partial charge in [-0.3, -0.25) is 4.98 Å². The summed E-state index contributed by atoms with van der Waals surface area (Å²) in [5.41, 5.74) is 0.0638. The van der Waals surface area contributed by atoms with Crippen molar-refractivity contribution in [3.8, 4) is 5.75 Å². The van der Waals surface area contributed by atoms with Crippen molar-refractivity contribution in [1.29, 1.82) is 0 Å². The number of alkyl halides is 2. The summed E-state index contributed by atoms with van der Waals surface area (Å²) in [6, 6.07) is 2.55. The number of ether oxygens (including phenoxy) is 1. The molecule has 0 aliphatic carbocycles. The summed E-state index contributed by atoms with van der Waals surface area (Å²) in [7, 11) is 0. The molecule has 0 spiro atoms. The second kappa shape index (κ2) is 5.14. The number of carbonyl (C=O) groups is 1. The van der Waals surface area contributed by atoms with Gasteiger partial charge in [0.05, 0.1) is 16.1 Å². The predicted molar refractivity (Wildman–Crippen MR) is 65.4 cm³/mol. The van der Waals surface area contributed by atoms with Gasteiger partial charge in [0.2, 0.25) is 0 Å². The minimum absolute atomic E-state index is 0.0674. The molecule has 0 unspecified atom stereocenters. The molecule has 0 aliphatic heterocycles. The highest BCUT2D eigenvalue weighted by atomic mass is 35.5. The number of hydrogen-bond donors (Lipinski definition) is 1. The molecular formula is C11H5Cl2F2NO3. The molecule has 0 saturated heterocycles. The summed E-state index contributed by atoms with van der Waals surface area (Å²) in [5.74, 6) is -1.56. The summed E-state index contributed by atoms with van der Waals surface area (Å²) in [4.78, 5) is 14.6. The van der Waals surface area contributed by atoms with E-state index in [-0.39, 0.29) is 26.9 Å². The molecule has 0 amide bonds. The van der Waals surface area contributed by atoms with Gasteiger partial charge in [0.1, 0.15) is 5.02 Å². The van der Waals surface area contributed by atoms with Gasteiger partial charge in [-0.2, -0.15) is 8.78 Å². The maximum Gasteiger partial charge on any atom is 0.387 e. The Morgan fingerprint density at radius 3 is 2.63 bits per heavy atom. The van der Waals surface area contributed by atoms with E-state index < -0.39 is 12.6 Å². The minimum Gasteiger partial charge on any atom is -0.478 e. The molecule has 1 heterocycles. The number of benzene rings is 1. The number of halogens is 4. The SMILES string of the molecule is O=C(O)c1cnc2c(Cl)c(OC(F)F)c(Cl)cc2c1. The fourth-order valence-corrected chi connectivity index (χ4v) is 2.11. The van der Waals surface area contributed by atoms with Crippen LogP contribution in [-0.4, -0.2) is 22.7 Å². The van der Waals surface area contributed by atoms with E-state index in [0.29, 0.717) is 5.39 Å². The van der Waals surface area contributed by atoms with E-state index in [1.54, 1.807) is 0 Å². The van der Waals surface area contributed by atoms with Crippen molar-refractivity contribution in [2.45, 2.75) is 6.61 Å². The highest BCUT2D eigenvalue weighted by molar-refractivity contribution is 6.40. The monoisotopic (exact) mass is 307 g/mol. The van der Waals surface area contributed by atoms with Crippen molar-refractivity contribution in [1.82, 2.24) is 4.98 Å². The Morgan fingerprint density at radius 1 is 1.37 bits per heavy atom. The smallest absolute Gasteiger partial charge is 0.387 e. The number of fused-ring (bicyclic) bond motifs is 1. The van der Waals surface area contributed by atoms with E-state index in [1.807, 2.05) is 0 Å². The first-order chi connectivity index (χ1) is 8.90. The van der Waals surface area contributed by atoms with Gasteiger partial charge in [0, 0.05) is 11.6 Å². The molecule has 0 bridgehead atoms. The van der Waals surface area contributed by atoms with E-state index in [9.17, 15) is 13.6 Å². The topological polar surface area (TPSA) is 59.4 Å². The second-order valence-electron chi connectivity index (χ2n) is 3.48. The Bertz CT molecular complexity index is 664. The number of carboxylic acids is 1. The van der Waals surface area contributed by atoms with Gasteiger partial charge in [-0.1, -0.05) is 23.2 Å². The number of hydrogen-bond acceptors (Lipinski definition) is 3. The van der Waals surface area contributed by atoms with Gasteiger partial charge in [-0.15, -0.1) is 0 Å². The highest BCUT2D eigenvalue weighted by Gasteiger charge is 2.18. The molecule has 1 aromatic carbocycles. The van der Waals surface area contributed by atoms with Gasteiger partial charge in [-0.25, -0.2) is 4.79 Å². The lowest BCUT2D eigenvalue weighted by molar-refractivity contribution is -0.0496. The lowest BCUT2D eigenvalue weighted by Gasteiger charge is -2.10. The molecule has 19 heavy (non-hydrogen) atoms. The Balaban J connectivity index is 2.65. The van der Waals surface area contributed by atoms with Crippen molar-refractivity contribution in [2.24, 2.45) is 0 Å². The number of aromatic carboxylic acids is 1. The molecule has 0 saturated carbocycles. The van der Waals surface area contributed by atoms with Gasteiger partial charge < -0.3 is 9.84 Å². The van der Waals surface area contributed by atoms with Crippen molar-refractivity contribution in [3.05, 3.63) is 33.9 Å². The van der Waals surface area contributed by atoms with Gasteiger partial charge in [0.25, 0.3) is 0 Å². The standard InChI is InChI=1S/C11H5Cl2F2NO3/c12-6-2-4-1-5(10(17)18)3-16-8(4)7(13)9(6)19-11(14)15/h1-3,11H,(H,17,18). The lowest BCUT2D eigenvalue weighted by Crippen LogP contribution is -2.04. The molecule has 0 radical (unpaired) electrons. The molecule has 0 fully saturated rings. The zero-order valence-electron chi connectivity index (χ0n) is 9.03. The quantitative estimate of drug-likeness (QED) is 0.936. The maximum absolute atomic E-state index is 12.2. The summed E-state index contributed by atoms with van der Waals surface area (Å²) >= 11 is 11.6. The third kappa shape index (κ3) is 2.69. The summed E-state index contributed by atoms with van der Waals surface area (Å²) < 4.78 is 28.6. The van der Waals surface area contributed by atoms with Crippen molar-refractivity contribution in [2.75, 3.05) is 0 Å². The normalized spacial score (nSPS) is 11.0. The lowest BCUT2D eigenvalue weighted by atomic mass is 10.1. The summed E-state index contributed by atoms with van der Waals surface area (Å²) in [6.45, 7) is -3.08. The van der Waals surface area contributed by atoms with Crippen LogP contribution in [0.5, 0.6) is 5.75 Å². The summed E-state index contributed by atoms with van der Waals surface area (Å²) in [5, 5.41) is 8.80. The van der Waals surface area contributed by atoms with Crippen LogP contribution in [0.15, 0.2) is 18.3 Å². The molecule has 1 aromatic heterocycles. The number of carboxylic acid groups (broad SMARTS) is 1. The fourth-order valence-electron chi connectivity index (χ4n) is 1.50. The Hall–Kier alpha value is -1.66. The third-order valence-electron chi connectivity index (χ3n) is 2.28. The van der Waals surface area contributed by atoms with Crippen LogP contribution in [0.4, 0.5) is 8.78 Å². The number of pyridine rings is 1. The van der Waals surface area contributed by atoms with Crippen LogP contribution in [0.25, 0.3) is 10.9 Å². The average molecular weight is 308 g/mol. The number of rotatable bonds is 3. The van der Waals surface area contributed by atoms with E-state index >= 15 is 0 Å². The van der Waals surface area contributed by atoms with E-state index in [4.69, 9.17) is 28.3 Å². The van der Waals surface area contributed by atoms with Gasteiger partial charge >= 0.3 is 12.6 Å². The Labute approximate surface area is 115 Å². The van der Waals surface area contributed by atoms with Crippen LogP contribution in [0.2, 0.25) is 10.0 Å². The number of nitrogens with zero attached hydrogens (tertiary/aromatic N) is 1. The van der Waals surface area contributed by atoms with Gasteiger partial charge in [-0.05, 0) is 12.1 Å². The van der Waals surface area contributed by atoms with Crippen molar-refractivity contribution < 1.29 is 23.4 Å². The first-order valence-corrected chi connectivity index (χ1v) is 5.61. The second-order valence-corrected chi connectivity index (χ2v) is 4.27. The van der Waals surface area contributed by atoms with Crippen LogP contribution in [0, 0.1) is 0 Å². The molecule has 4 nitrogen and oxygen atoms in total. The zero-order valence-corrected chi connectivity index (χ0v) is 10.5. The van der Waals surface area contributed by atoms with E-state index in [2.05, 4.69) is 9.72 Å². The first-order valence-electron chi connectivity index (χ1n) is 4.86. The largest absolute Gasteiger partial charge is 0.478 e. The maximum atomic E-state index is 12.2. The Kier molecular flexibility index (Phi) is 3.73. The van der Waals surface area contributed by atoms with Crippen molar-refractivity contribution in [3.63, 3.8) is 0 Å². The zero-order chi connectivity index (χ0) is 14.2. The Morgan fingerprint density at radius 2 is 2.05 bits per heavy atom. The van der Waals surface area contributed by atoms with Crippen LogP contribution in [0.3, 0.4) is 0 Å². The predicted octanol–water partition coefficient (Wildman–Crippen LogP) is 3.84. The minimum atomic E-state index is -3.08. The van der Waals surface area contributed by atoms with Crippen LogP contribution < -0.4 is 4.74 Å². The van der Waals surface area contributed by atoms with Crippen molar-refractivity contribution >= 4 is 40.1 Å². The van der Waals surface area contributed by atoms with E-state index in [1.165, 1.54) is 12.1 Å². The molecule has 8 heteroatoms. The number of aromatic nitrogens is 1. The molecule has 2 rings (SSSR count). The average Bonchev–Trinajstić information content (AvgIpc) is 2.33. The highest BCUT2D eigenvalue weighted by Crippen LogP contribution is 2.39. The van der Waals surface area contributed by atoms with Crippen LogP contribution in [0.1, 0.15) is 10.4 Å². The molecule has 1 N–H and O–H groups in total. The fraction of sp³-hybridized carbons (Fsp3) is 0.0909. The molecule has 0 atom stereocenters. The van der Waals surface area contributed by atoms with Gasteiger partial charge in [0.15, 0.2) is 5.75 Å². The molecule has 2 aromatic rings. The molecule has 0 aliphatic rings. The third-order valence-corrected chi connectivity index (χ3v) is 2.91. The summed E-state index contributed by atoms with van der Waals surface area (Å²) in [6.07, 6.45) is 1.07. The van der Waals surface area contributed by atoms with Crippen LogP contribution in [-0.2, 0) is 0 Å².